The van der Waals surface area contributed by atoms with E-state index in [0.717, 1.165) is 37.9 Å². The number of nitrogens with one attached hydrogen (secondary N) is 2. The van der Waals surface area contributed by atoms with Crippen LogP contribution in [0.3, 0.4) is 0 Å². The number of hydrogen-bond acceptors (Lipinski definition) is 6. The molecule has 25 heavy (non-hydrogen) atoms. The lowest BCUT2D eigenvalue weighted by atomic mass is 10.1. The quantitative estimate of drug-likeness (QED) is 0.640. The van der Waals surface area contributed by atoms with E-state index in [1.54, 1.807) is 12.3 Å². The molecular weight excluding hydrogens is 346 g/mol. The van der Waals surface area contributed by atoms with E-state index in [2.05, 4.69) is 20.5 Å². The van der Waals surface area contributed by atoms with Gasteiger partial charge in [-0.05, 0) is 24.3 Å². The summed E-state index contributed by atoms with van der Waals surface area (Å²) in [6.07, 6.45) is 1.68. The Morgan fingerprint density at radius 1 is 1.28 bits per heavy atom. The Bertz CT molecular complexity index is 791. The zero-order valence-electron chi connectivity index (χ0n) is 13.2. The molecule has 2 aromatic rings. The van der Waals surface area contributed by atoms with Gasteiger partial charge in [-0.3, -0.25) is 14.9 Å². The molecule has 1 aromatic carbocycles. The molecule has 0 spiro atoms. The summed E-state index contributed by atoms with van der Waals surface area (Å²) in [5.41, 5.74) is 0.557. The van der Waals surface area contributed by atoms with Gasteiger partial charge in [0.25, 0.3) is 11.6 Å². The Morgan fingerprint density at radius 2 is 2.04 bits per heavy atom. The first kappa shape index (κ1) is 17.1. The van der Waals surface area contributed by atoms with Gasteiger partial charge in [-0.25, -0.2) is 4.98 Å². The highest BCUT2D eigenvalue weighted by molar-refractivity contribution is 6.31. The predicted molar refractivity (Wildman–Crippen MR) is 95.4 cm³/mol. The van der Waals surface area contributed by atoms with E-state index in [4.69, 9.17) is 11.6 Å². The number of amides is 1. The Balaban J connectivity index is 1.74. The van der Waals surface area contributed by atoms with Crippen molar-refractivity contribution in [2.45, 2.75) is 0 Å². The Kier molecular flexibility index (Phi) is 5.11. The summed E-state index contributed by atoms with van der Waals surface area (Å²) in [7, 11) is 0. The molecule has 1 aliphatic rings. The third-order valence-electron chi connectivity index (χ3n) is 3.87. The first-order valence-corrected chi connectivity index (χ1v) is 8.09. The molecule has 9 heteroatoms. The molecule has 1 saturated heterocycles. The largest absolute Gasteiger partial charge is 0.368 e. The zero-order chi connectivity index (χ0) is 17.8. The van der Waals surface area contributed by atoms with Gasteiger partial charge in [0, 0.05) is 37.3 Å². The highest BCUT2D eigenvalue weighted by Crippen LogP contribution is 2.24. The van der Waals surface area contributed by atoms with Crippen LogP contribution < -0.4 is 15.5 Å². The van der Waals surface area contributed by atoms with Gasteiger partial charge in [-0.15, -0.1) is 0 Å². The molecular formula is C16H16ClN5O3. The van der Waals surface area contributed by atoms with Gasteiger partial charge >= 0.3 is 0 Å². The highest BCUT2D eigenvalue weighted by Gasteiger charge is 2.21. The van der Waals surface area contributed by atoms with Crippen molar-refractivity contribution in [1.29, 1.82) is 0 Å². The minimum atomic E-state index is -0.637. The van der Waals surface area contributed by atoms with Crippen LogP contribution in [-0.2, 0) is 0 Å². The van der Waals surface area contributed by atoms with Crippen LogP contribution in [0.4, 0.5) is 17.2 Å². The number of carbonyl (C=O) groups is 1. The molecule has 0 bridgehead atoms. The number of benzene rings is 1. The van der Waals surface area contributed by atoms with Crippen LogP contribution in [0.1, 0.15) is 10.4 Å². The Hall–Kier alpha value is -2.71. The van der Waals surface area contributed by atoms with Crippen molar-refractivity contribution in [3.05, 3.63) is 57.2 Å². The van der Waals surface area contributed by atoms with Gasteiger partial charge in [0.05, 0.1) is 16.8 Å². The Morgan fingerprint density at radius 3 is 2.68 bits per heavy atom. The summed E-state index contributed by atoms with van der Waals surface area (Å²) in [5, 5.41) is 17.1. The summed E-state index contributed by atoms with van der Waals surface area (Å²) in [4.78, 5) is 29.2. The smallest absolute Gasteiger partial charge is 0.283 e. The lowest BCUT2D eigenvalue weighted by molar-refractivity contribution is -0.385. The number of piperazine rings is 1. The number of nitrogens with zero attached hydrogens (tertiary/aromatic N) is 3. The van der Waals surface area contributed by atoms with Gasteiger partial charge in [-0.1, -0.05) is 11.6 Å². The molecule has 8 nitrogen and oxygen atoms in total. The number of nitro benzene ring substituents is 1. The molecule has 2 N–H and O–H groups in total. The number of rotatable bonds is 4. The molecule has 130 valence electrons. The van der Waals surface area contributed by atoms with Crippen molar-refractivity contribution in [3.63, 3.8) is 0 Å². The number of halogens is 1. The van der Waals surface area contributed by atoms with Crippen molar-refractivity contribution < 1.29 is 9.72 Å². The second-order valence-corrected chi connectivity index (χ2v) is 5.95. The van der Waals surface area contributed by atoms with Gasteiger partial charge < -0.3 is 15.5 Å². The fraction of sp³-hybridized carbons (Fsp3) is 0.250. The molecule has 1 aromatic heterocycles. The topological polar surface area (TPSA) is 100 Å². The van der Waals surface area contributed by atoms with Crippen molar-refractivity contribution in [2.24, 2.45) is 0 Å². The maximum atomic E-state index is 12.3. The van der Waals surface area contributed by atoms with Crippen molar-refractivity contribution in [1.82, 2.24) is 10.3 Å². The zero-order valence-corrected chi connectivity index (χ0v) is 14.0. The minimum absolute atomic E-state index is 0.0672. The van der Waals surface area contributed by atoms with Gasteiger partial charge in [0.1, 0.15) is 11.4 Å². The van der Waals surface area contributed by atoms with Crippen molar-refractivity contribution >= 4 is 34.7 Å². The first-order valence-electron chi connectivity index (χ1n) is 7.71. The van der Waals surface area contributed by atoms with E-state index in [0.29, 0.717) is 5.82 Å². The predicted octanol–water partition coefficient (Wildman–Crippen LogP) is 2.31. The van der Waals surface area contributed by atoms with E-state index in [9.17, 15) is 14.9 Å². The van der Waals surface area contributed by atoms with Crippen LogP contribution >= 0.6 is 11.6 Å². The van der Waals surface area contributed by atoms with Gasteiger partial charge in [0.15, 0.2) is 0 Å². The van der Waals surface area contributed by atoms with Crippen molar-refractivity contribution in [3.8, 4) is 0 Å². The van der Waals surface area contributed by atoms with Crippen LogP contribution in [0, 0.1) is 10.1 Å². The van der Waals surface area contributed by atoms with Gasteiger partial charge in [-0.2, -0.15) is 0 Å². The SMILES string of the molecule is O=C(Nc1ccc(N2CCNCC2)cn1)c1ccc(Cl)cc1[N+](=O)[O-]. The van der Waals surface area contributed by atoms with E-state index >= 15 is 0 Å². The summed E-state index contributed by atoms with van der Waals surface area (Å²) in [6.45, 7) is 3.62. The molecule has 0 saturated carbocycles. The number of aromatic nitrogens is 1. The summed E-state index contributed by atoms with van der Waals surface area (Å²) in [6, 6.07) is 7.45. The summed E-state index contributed by atoms with van der Waals surface area (Å²) in [5.74, 6) is -0.279. The standard InChI is InChI=1S/C16H16ClN5O3/c17-11-1-3-13(14(9-11)22(24)25)16(23)20-15-4-2-12(10-19-15)21-7-5-18-6-8-21/h1-4,9-10,18H,5-8H2,(H,19,20,23). The molecule has 2 heterocycles. The lowest BCUT2D eigenvalue weighted by Gasteiger charge is -2.29. The van der Waals surface area contributed by atoms with E-state index in [-0.39, 0.29) is 16.3 Å². The van der Waals surface area contributed by atoms with Crippen LogP contribution in [-0.4, -0.2) is 42.0 Å². The number of carbonyl (C=O) groups excluding carboxylic acids is 1. The number of nitro groups is 1. The molecule has 1 amide bonds. The van der Waals surface area contributed by atoms with E-state index < -0.39 is 10.8 Å². The van der Waals surface area contributed by atoms with Crippen LogP contribution in [0.15, 0.2) is 36.5 Å². The second kappa shape index (κ2) is 7.45. The first-order chi connectivity index (χ1) is 12.0. The average molecular weight is 362 g/mol. The highest BCUT2D eigenvalue weighted by atomic mass is 35.5. The molecule has 0 radical (unpaired) electrons. The molecule has 0 atom stereocenters. The summed E-state index contributed by atoms with van der Waals surface area (Å²) < 4.78 is 0. The molecule has 0 aliphatic carbocycles. The maximum absolute atomic E-state index is 12.3. The van der Waals surface area contributed by atoms with E-state index in [1.807, 2.05) is 6.07 Å². The number of anilines is 2. The molecule has 1 aliphatic heterocycles. The molecule has 3 rings (SSSR count). The third kappa shape index (κ3) is 4.04. The lowest BCUT2D eigenvalue weighted by Crippen LogP contribution is -2.43. The van der Waals surface area contributed by atoms with Crippen LogP contribution in [0.2, 0.25) is 5.02 Å². The monoisotopic (exact) mass is 361 g/mol. The molecule has 0 unspecified atom stereocenters. The fourth-order valence-corrected chi connectivity index (χ4v) is 2.77. The summed E-state index contributed by atoms with van der Waals surface area (Å²) >= 11 is 5.76. The maximum Gasteiger partial charge on any atom is 0.283 e. The number of hydrogen-bond donors (Lipinski definition) is 2. The fourth-order valence-electron chi connectivity index (χ4n) is 2.60. The minimum Gasteiger partial charge on any atom is -0.368 e. The molecule has 1 fully saturated rings. The van der Waals surface area contributed by atoms with Crippen LogP contribution in [0.25, 0.3) is 0 Å². The number of pyridine rings is 1. The second-order valence-electron chi connectivity index (χ2n) is 5.51. The Labute approximate surface area is 149 Å². The average Bonchev–Trinajstić information content (AvgIpc) is 2.63. The van der Waals surface area contributed by atoms with Crippen molar-refractivity contribution in [2.75, 3.05) is 36.4 Å². The van der Waals surface area contributed by atoms with E-state index in [1.165, 1.54) is 12.1 Å². The third-order valence-corrected chi connectivity index (χ3v) is 4.11. The van der Waals surface area contributed by atoms with Gasteiger partial charge in [0.2, 0.25) is 0 Å². The normalized spacial score (nSPS) is 14.2. The van der Waals surface area contributed by atoms with Crippen LogP contribution in [0.5, 0.6) is 0 Å².